The third-order valence-corrected chi connectivity index (χ3v) is 4.52. The molecule has 0 amide bonds. The fourth-order valence-corrected chi connectivity index (χ4v) is 3.03. The van der Waals surface area contributed by atoms with Gasteiger partial charge in [-0.05, 0) is 36.6 Å². The third kappa shape index (κ3) is 4.27. The van der Waals surface area contributed by atoms with Gasteiger partial charge in [-0.3, -0.25) is 4.99 Å². The SMILES string of the molecule is CN=C(NCc1cccs1)NCc1oc2ccc(F)cc2c1C.I. The lowest BCUT2D eigenvalue weighted by atomic mass is 10.1. The lowest BCUT2D eigenvalue weighted by Crippen LogP contribution is -2.36. The van der Waals surface area contributed by atoms with Crippen LogP contribution in [0.1, 0.15) is 16.2 Å². The first-order chi connectivity index (χ1) is 11.2. The van der Waals surface area contributed by atoms with Gasteiger partial charge in [-0.2, -0.15) is 0 Å². The predicted octanol–water partition coefficient (Wildman–Crippen LogP) is 4.43. The van der Waals surface area contributed by atoms with E-state index in [2.05, 4.69) is 21.7 Å². The first-order valence-corrected chi connectivity index (χ1v) is 8.20. The minimum Gasteiger partial charge on any atom is -0.459 e. The Kier molecular flexibility index (Phi) is 6.61. The number of rotatable bonds is 4. The van der Waals surface area contributed by atoms with Gasteiger partial charge in [0.15, 0.2) is 5.96 Å². The van der Waals surface area contributed by atoms with Gasteiger partial charge in [0, 0.05) is 22.9 Å². The number of hydrogen-bond donors (Lipinski definition) is 2. The Bertz CT molecular complexity index is 830. The van der Waals surface area contributed by atoms with Crippen LogP contribution < -0.4 is 10.6 Å². The minimum atomic E-state index is -0.255. The van der Waals surface area contributed by atoms with E-state index in [9.17, 15) is 4.39 Å². The molecular formula is C17H19FIN3OS. The normalized spacial score (nSPS) is 11.4. The van der Waals surface area contributed by atoms with E-state index in [4.69, 9.17) is 4.42 Å². The monoisotopic (exact) mass is 459 g/mol. The van der Waals surface area contributed by atoms with Gasteiger partial charge in [0.05, 0.1) is 13.1 Å². The van der Waals surface area contributed by atoms with E-state index in [1.807, 2.05) is 18.4 Å². The van der Waals surface area contributed by atoms with Crippen molar-refractivity contribution in [2.45, 2.75) is 20.0 Å². The second-order valence-corrected chi connectivity index (χ2v) is 6.18. The molecule has 2 N–H and O–H groups in total. The van der Waals surface area contributed by atoms with E-state index < -0.39 is 0 Å². The molecule has 0 fully saturated rings. The highest BCUT2D eigenvalue weighted by molar-refractivity contribution is 14.0. The maximum absolute atomic E-state index is 13.3. The van der Waals surface area contributed by atoms with Crippen LogP contribution >= 0.6 is 35.3 Å². The van der Waals surface area contributed by atoms with Crippen molar-refractivity contribution < 1.29 is 8.81 Å². The largest absolute Gasteiger partial charge is 0.459 e. The molecule has 0 spiro atoms. The van der Waals surface area contributed by atoms with Crippen LogP contribution in [-0.2, 0) is 13.1 Å². The van der Waals surface area contributed by atoms with Gasteiger partial charge in [0.25, 0.3) is 0 Å². The number of nitrogens with one attached hydrogen (secondary N) is 2. The molecule has 0 atom stereocenters. The van der Waals surface area contributed by atoms with E-state index in [1.54, 1.807) is 24.5 Å². The number of halogens is 2. The summed E-state index contributed by atoms with van der Waals surface area (Å²) in [6.07, 6.45) is 0. The number of benzene rings is 1. The van der Waals surface area contributed by atoms with Crippen LogP contribution in [0.2, 0.25) is 0 Å². The molecule has 2 heterocycles. The smallest absolute Gasteiger partial charge is 0.191 e. The average molecular weight is 459 g/mol. The summed E-state index contributed by atoms with van der Waals surface area (Å²) >= 11 is 1.70. The van der Waals surface area contributed by atoms with Crippen LogP contribution in [0.5, 0.6) is 0 Å². The first-order valence-electron chi connectivity index (χ1n) is 7.32. The summed E-state index contributed by atoms with van der Waals surface area (Å²) in [5.74, 6) is 1.23. The second-order valence-electron chi connectivity index (χ2n) is 5.15. The van der Waals surface area contributed by atoms with Gasteiger partial charge in [0.1, 0.15) is 17.2 Å². The molecule has 128 valence electrons. The van der Waals surface area contributed by atoms with Crippen molar-refractivity contribution in [3.8, 4) is 0 Å². The van der Waals surface area contributed by atoms with Crippen LogP contribution in [-0.4, -0.2) is 13.0 Å². The molecule has 0 aliphatic heterocycles. The molecule has 24 heavy (non-hydrogen) atoms. The summed E-state index contributed by atoms with van der Waals surface area (Å²) < 4.78 is 19.1. The van der Waals surface area contributed by atoms with E-state index in [-0.39, 0.29) is 29.8 Å². The van der Waals surface area contributed by atoms with Crippen LogP contribution in [0.25, 0.3) is 11.0 Å². The summed E-state index contributed by atoms with van der Waals surface area (Å²) in [7, 11) is 1.73. The van der Waals surface area contributed by atoms with Crippen molar-refractivity contribution in [3.63, 3.8) is 0 Å². The number of furan rings is 1. The predicted molar refractivity (Wildman–Crippen MR) is 108 cm³/mol. The molecule has 0 bridgehead atoms. The minimum absolute atomic E-state index is 0. The topological polar surface area (TPSA) is 49.6 Å². The van der Waals surface area contributed by atoms with E-state index in [0.717, 1.165) is 23.3 Å². The van der Waals surface area contributed by atoms with Crippen molar-refractivity contribution >= 4 is 52.2 Å². The van der Waals surface area contributed by atoms with E-state index >= 15 is 0 Å². The number of aliphatic imine (C=N–C) groups is 1. The van der Waals surface area contributed by atoms with Crippen LogP contribution in [0.4, 0.5) is 4.39 Å². The second kappa shape index (κ2) is 8.48. The molecule has 1 aromatic carbocycles. The van der Waals surface area contributed by atoms with Crippen LogP contribution in [0.15, 0.2) is 45.1 Å². The highest BCUT2D eigenvalue weighted by Crippen LogP contribution is 2.25. The van der Waals surface area contributed by atoms with Gasteiger partial charge < -0.3 is 15.1 Å². The van der Waals surface area contributed by atoms with Gasteiger partial charge in [-0.15, -0.1) is 35.3 Å². The summed E-state index contributed by atoms with van der Waals surface area (Å²) in [4.78, 5) is 5.44. The molecule has 0 aliphatic rings. The van der Waals surface area contributed by atoms with Crippen molar-refractivity contribution in [3.05, 3.63) is 57.7 Å². The van der Waals surface area contributed by atoms with Crippen molar-refractivity contribution in [1.82, 2.24) is 10.6 Å². The Morgan fingerprint density at radius 1 is 1.25 bits per heavy atom. The molecule has 0 aliphatic carbocycles. The van der Waals surface area contributed by atoms with Crippen LogP contribution in [0.3, 0.4) is 0 Å². The summed E-state index contributed by atoms with van der Waals surface area (Å²) in [6.45, 7) is 3.15. The standard InChI is InChI=1S/C17H18FN3OS.HI/c1-11-14-8-12(18)5-6-15(14)22-16(11)10-21-17(19-2)20-9-13-4-3-7-23-13;/h3-8H,9-10H2,1-2H3,(H2,19,20,21);1H. The molecule has 3 aromatic rings. The highest BCUT2D eigenvalue weighted by atomic mass is 127. The van der Waals surface area contributed by atoms with Gasteiger partial charge in [-0.25, -0.2) is 4.39 Å². The molecule has 0 radical (unpaired) electrons. The number of nitrogens with zero attached hydrogens (tertiary/aromatic N) is 1. The molecular weight excluding hydrogens is 440 g/mol. The highest BCUT2D eigenvalue weighted by Gasteiger charge is 2.11. The van der Waals surface area contributed by atoms with E-state index in [1.165, 1.54) is 17.0 Å². The van der Waals surface area contributed by atoms with Crippen molar-refractivity contribution in [2.24, 2.45) is 4.99 Å². The number of fused-ring (bicyclic) bond motifs is 1. The Morgan fingerprint density at radius 2 is 2.04 bits per heavy atom. The third-order valence-electron chi connectivity index (χ3n) is 3.65. The molecule has 4 nitrogen and oxygen atoms in total. The Hall–Kier alpha value is -1.61. The fraction of sp³-hybridized carbons (Fsp3) is 0.235. The van der Waals surface area contributed by atoms with Gasteiger partial charge in [0.2, 0.25) is 0 Å². The molecule has 0 unspecified atom stereocenters. The number of hydrogen-bond acceptors (Lipinski definition) is 3. The molecule has 7 heteroatoms. The number of thiophene rings is 1. The maximum atomic E-state index is 13.3. The Morgan fingerprint density at radius 3 is 2.75 bits per heavy atom. The van der Waals surface area contributed by atoms with Gasteiger partial charge >= 0.3 is 0 Å². The van der Waals surface area contributed by atoms with Crippen molar-refractivity contribution in [1.29, 1.82) is 0 Å². The quantitative estimate of drug-likeness (QED) is 0.345. The number of aryl methyl sites for hydroxylation is 1. The maximum Gasteiger partial charge on any atom is 0.191 e. The molecule has 0 saturated carbocycles. The fourth-order valence-electron chi connectivity index (χ4n) is 2.38. The van der Waals surface area contributed by atoms with Gasteiger partial charge in [-0.1, -0.05) is 6.07 Å². The summed E-state index contributed by atoms with van der Waals surface area (Å²) in [5, 5.41) is 9.33. The first kappa shape index (κ1) is 18.7. The lowest BCUT2D eigenvalue weighted by Gasteiger charge is -2.10. The summed E-state index contributed by atoms with van der Waals surface area (Å²) in [5.41, 5.74) is 1.64. The Balaban J connectivity index is 0.00000208. The molecule has 0 saturated heterocycles. The lowest BCUT2D eigenvalue weighted by molar-refractivity contribution is 0.534. The van der Waals surface area contributed by atoms with Crippen LogP contribution in [0, 0.1) is 12.7 Å². The molecule has 3 rings (SSSR count). The number of guanidine groups is 1. The zero-order valence-electron chi connectivity index (χ0n) is 13.4. The zero-order chi connectivity index (χ0) is 16.2. The Labute approximate surface area is 161 Å². The summed E-state index contributed by atoms with van der Waals surface area (Å²) in [6, 6.07) is 8.66. The van der Waals surface area contributed by atoms with E-state index in [0.29, 0.717) is 18.1 Å². The average Bonchev–Trinajstić information content (AvgIpc) is 3.17. The zero-order valence-corrected chi connectivity index (χ0v) is 16.6. The van der Waals surface area contributed by atoms with Crippen molar-refractivity contribution in [2.75, 3.05) is 7.05 Å². The molecule has 2 aromatic heterocycles.